The van der Waals surface area contributed by atoms with Gasteiger partial charge in [-0.2, -0.15) is 10.1 Å². The molecule has 0 fully saturated rings. The zero-order valence-electron chi connectivity index (χ0n) is 13.8. The van der Waals surface area contributed by atoms with E-state index in [1.165, 1.54) is 0 Å². The average Bonchev–Trinajstić information content (AvgIpc) is 2.98. The number of benzene rings is 1. The third-order valence-corrected chi connectivity index (χ3v) is 3.65. The van der Waals surface area contributed by atoms with Crippen molar-refractivity contribution in [1.82, 2.24) is 14.8 Å². The molecule has 0 radical (unpaired) electrons. The first-order valence-electron chi connectivity index (χ1n) is 7.62. The lowest BCUT2D eigenvalue weighted by atomic mass is 10.2. The number of methoxy groups -OCH3 is 1. The highest BCUT2D eigenvalue weighted by molar-refractivity contribution is 6.00. The van der Waals surface area contributed by atoms with Crippen LogP contribution in [0.25, 0.3) is 11.0 Å². The number of hydrogen-bond donors (Lipinski definition) is 2. The van der Waals surface area contributed by atoms with Gasteiger partial charge in [-0.25, -0.2) is 4.79 Å². The quantitative estimate of drug-likeness (QED) is 0.683. The van der Waals surface area contributed by atoms with Crippen molar-refractivity contribution in [3.63, 3.8) is 0 Å². The number of carbonyl (C=O) groups excluding carboxylic acids is 1. The van der Waals surface area contributed by atoms with E-state index in [2.05, 4.69) is 10.1 Å². The Kier molecular flexibility index (Phi) is 4.42. The third-order valence-electron chi connectivity index (χ3n) is 3.65. The molecular formula is C17H17N3O5. The van der Waals surface area contributed by atoms with Crippen LogP contribution in [0.5, 0.6) is 17.4 Å². The molecule has 0 saturated carbocycles. The first-order chi connectivity index (χ1) is 12.0. The Hall–Kier alpha value is -3.29. The standard InChI is InChI=1S/C17H17N3O5/c1-3-25-17(23)13-14(21)12-9-20(19-15(12)18-16(13)22)8-10-4-6-11(24-2)7-5-10/h4-7,9,21H,3,8H2,1-2H3,(H,18,19,22). The molecule has 0 spiro atoms. The summed E-state index contributed by atoms with van der Waals surface area (Å²) in [6.07, 6.45) is 1.56. The Bertz CT molecular complexity index is 918. The van der Waals surface area contributed by atoms with Crippen molar-refractivity contribution in [3.8, 4) is 17.4 Å². The Morgan fingerprint density at radius 2 is 1.96 bits per heavy atom. The number of aromatic nitrogens is 3. The minimum absolute atomic E-state index is 0.118. The van der Waals surface area contributed by atoms with Crippen LogP contribution in [-0.4, -0.2) is 44.7 Å². The van der Waals surface area contributed by atoms with Crippen LogP contribution in [0.1, 0.15) is 22.8 Å². The van der Waals surface area contributed by atoms with Crippen molar-refractivity contribution >= 4 is 17.0 Å². The van der Waals surface area contributed by atoms with E-state index in [-0.39, 0.29) is 23.2 Å². The van der Waals surface area contributed by atoms with Gasteiger partial charge in [0.2, 0.25) is 5.88 Å². The zero-order chi connectivity index (χ0) is 18.0. The van der Waals surface area contributed by atoms with E-state index in [1.54, 1.807) is 24.9 Å². The average molecular weight is 343 g/mol. The second kappa shape index (κ2) is 6.68. The summed E-state index contributed by atoms with van der Waals surface area (Å²) in [7, 11) is 1.59. The smallest absolute Gasteiger partial charge is 0.347 e. The predicted molar refractivity (Wildman–Crippen MR) is 88.9 cm³/mol. The number of ether oxygens (including phenoxy) is 2. The summed E-state index contributed by atoms with van der Waals surface area (Å²) in [5.41, 5.74) is 0.734. The lowest BCUT2D eigenvalue weighted by Crippen LogP contribution is -2.06. The summed E-state index contributed by atoms with van der Waals surface area (Å²) >= 11 is 0. The fourth-order valence-electron chi connectivity index (χ4n) is 2.45. The van der Waals surface area contributed by atoms with Gasteiger partial charge in [0.25, 0.3) is 0 Å². The molecule has 2 N–H and O–H groups in total. The molecule has 0 atom stereocenters. The summed E-state index contributed by atoms with van der Waals surface area (Å²) in [6.45, 7) is 2.17. The third kappa shape index (κ3) is 3.18. The fourth-order valence-corrected chi connectivity index (χ4v) is 2.45. The highest BCUT2D eigenvalue weighted by atomic mass is 16.5. The molecule has 130 valence electrons. The number of esters is 1. The van der Waals surface area contributed by atoms with Gasteiger partial charge >= 0.3 is 5.97 Å². The van der Waals surface area contributed by atoms with Gasteiger partial charge in [0, 0.05) is 6.20 Å². The van der Waals surface area contributed by atoms with Crippen molar-refractivity contribution in [2.24, 2.45) is 0 Å². The largest absolute Gasteiger partial charge is 0.506 e. The first kappa shape index (κ1) is 16.6. The zero-order valence-corrected chi connectivity index (χ0v) is 13.8. The fraction of sp³-hybridized carbons (Fsp3) is 0.235. The van der Waals surface area contributed by atoms with Crippen molar-refractivity contribution in [2.45, 2.75) is 13.5 Å². The summed E-state index contributed by atoms with van der Waals surface area (Å²) < 4.78 is 11.5. The Morgan fingerprint density at radius 1 is 1.24 bits per heavy atom. The summed E-state index contributed by atoms with van der Waals surface area (Å²) in [5, 5.41) is 24.7. The Morgan fingerprint density at radius 3 is 2.60 bits per heavy atom. The lowest BCUT2D eigenvalue weighted by molar-refractivity contribution is 0.0519. The van der Waals surface area contributed by atoms with E-state index >= 15 is 0 Å². The van der Waals surface area contributed by atoms with E-state index in [0.717, 1.165) is 11.3 Å². The minimum Gasteiger partial charge on any atom is -0.506 e. The van der Waals surface area contributed by atoms with E-state index in [0.29, 0.717) is 6.54 Å². The number of nitrogens with zero attached hydrogens (tertiary/aromatic N) is 3. The number of aromatic hydroxyl groups is 2. The normalized spacial score (nSPS) is 10.8. The van der Waals surface area contributed by atoms with Crippen LogP contribution in [0, 0.1) is 0 Å². The number of fused-ring (bicyclic) bond motifs is 1. The van der Waals surface area contributed by atoms with E-state index < -0.39 is 17.6 Å². The van der Waals surface area contributed by atoms with E-state index in [4.69, 9.17) is 9.47 Å². The molecule has 3 aromatic rings. The van der Waals surface area contributed by atoms with Crippen LogP contribution in [-0.2, 0) is 11.3 Å². The second-order valence-electron chi connectivity index (χ2n) is 5.29. The molecule has 8 heteroatoms. The SMILES string of the molecule is CCOC(=O)c1c(O)nc2nn(Cc3ccc(OC)cc3)cc2c1O. The highest BCUT2D eigenvalue weighted by Gasteiger charge is 2.23. The van der Waals surface area contributed by atoms with Crippen LogP contribution < -0.4 is 4.74 Å². The van der Waals surface area contributed by atoms with Gasteiger partial charge in [-0.1, -0.05) is 12.1 Å². The van der Waals surface area contributed by atoms with Crippen LogP contribution in [0.2, 0.25) is 0 Å². The van der Waals surface area contributed by atoms with Gasteiger partial charge in [-0.05, 0) is 24.6 Å². The molecule has 8 nitrogen and oxygen atoms in total. The molecule has 1 aromatic carbocycles. The number of pyridine rings is 1. The van der Waals surface area contributed by atoms with Crippen LogP contribution in [0.4, 0.5) is 0 Å². The van der Waals surface area contributed by atoms with Gasteiger partial charge in [0.05, 0.1) is 25.6 Å². The molecule has 0 unspecified atom stereocenters. The maximum Gasteiger partial charge on any atom is 0.347 e. The number of rotatable bonds is 5. The maximum absolute atomic E-state index is 11.9. The van der Waals surface area contributed by atoms with Crippen molar-refractivity contribution in [1.29, 1.82) is 0 Å². The van der Waals surface area contributed by atoms with E-state index in [1.807, 2.05) is 24.3 Å². The predicted octanol–water partition coefficient (Wildman–Crippen LogP) is 2.08. The van der Waals surface area contributed by atoms with Gasteiger partial charge in [-0.3, -0.25) is 4.68 Å². The molecule has 2 heterocycles. The Labute approximate surface area is 143 Å². The van der Waals surface area contributed by atoms with Crippen LogP contribution >= 0.6 is 0 Å². The topological polar surface area (TPSA) is 107 Å². The molecule has 0 aliphatic carbocycles. The molecule has 0 amide bonds. The molecule has 0 bridgehead atoms. The van der Waals surface area contributed by atoms with Gasteiger partial charge < -0.3 is 19.7 Å². The number of hydrogen-bond acceptors (Lipinski definition) is 7. The van der Waals surface area contributed by atoms with Crippen molar-refractivity contribution in [2.75, 3.05) is 13.7 Å². The molecule has 0 aliphatic heterocycles. The lowest BCUT2D eigenvalue weighted by Gasteiger charge is -2.05. The molecule has 25 heavy (non-hydrogen) atoms. The van der Waals surface area contributed by atoms with Crippen molar-refractivity contribution in [3.05, 3.63) is 41.6 Å². The van der Waals surface area contributed by atoms with Crippen LogP contribution in [0.15, 0.2) is 30.5 Å². The molecular weight excluding hydrogens is 326 g/mol. The molecule has 3 rings (SSSR count). The molecule has 0 saturated heterocycles. The maximum atomic E-state index is 11.9. The summed E-state index contributed by atoms with van der Waals surface area (Å²) in [6, 6.07) is 7.44. The van der Waals surface area contributed by atoms with Crippen LogP contribution in [0.3, 0.4) is 0 Å². The summed E-state index contributed by atoms with van der Waals surface area (Å²) in [5.74, 6) is -1.10. The van der Waals surface area contributed by atoms with Gasteiger partial charge in [0.1, 0.15) is 11.5 Å². The summed E-state index contributed by atoms with van der Waals surface area (Å²) in [4.78, 5) is 15.7. The number of carbonyl (C=O) groups is 1. The monoisotopic (exact) mass is 343 g/mol. The minimum atomic E-state index is -0.838. The molecule has 0 aliphatic rings. The van der Waals surface area contributed by atoms with Gasteiger partial charge in [0.15, 0.2) is 11.2 Å². The second-order valence-corrected chi connectivity index (χ2v) is 5.29. The highest BCUT2D eigenvalue weighted by Crippen LogP contribution is 2.33. The van der Waals surface area contributed by atoms with Gasteiger partial charge in [-0.15, -0.1) is 0 Å². The molecule has 2 aromatic heterocycles. The Balaban J connectivity index is 1.96. The first-order valence-corrected chi connectivity index (χ1v) is 7.62. The van der Waals surface area contributed by atoms with E-state index in [9.17, 15) is 15.0 Å². The van der Waals surface area contributed by atoms with Crippen molar-refractivity contribution < 1.29 is 24.5 Å².